The van der Waals surface area contributed by atoms with Crippen molar-refractivity contribution in [2.75, 3.05) is 10.6 Å². The van der Waals surface area contributed by atoms with Crippen molar-refractivity contribution in [3.05, 3.63) is 45.9 Å². The van der Waals surface area contributed by atoms with E-state index >= 15 is 0 Å². The van der Waals surface area contributed by atoms with Gasteiger partial charge in [0.15, 0.2) is 0 Å². The van der Waals surface area contributed by atoms with E-state index in [4.69, 9.17) is 0 Å². The molecule has 0 radical (unpaired) electrons. The highest BCUT2D eigenvalue weighted by Gasteiger charge is 2.18. The van der Waals surface area contributed by atoms with Crippen molar-refractivity contribution in [1.82, 2.24) is 0 Å². The fourth-order valence-corrected chi connectivity index (χ4v) is 3.10. The summed E-state index contributed by atoms with van der Waals surface area (Å²) in [5, 5.41) is 9.98. The highest BCUT2D eigenvalue weighted by atomic mass is 32.1. The van der Waals surface area contributed by atoms with Crippen molar-refractivity contribution in [3.8, 4) is 0 Å². The van der Waals surface area contributed by atoms with Crippen LogP contribution in [0.15, 0.2) is 29.0 Å². The van der Waals surface area contributed by atoms with Crippen LogP contribution in [-0.2, 0) is 11.2 Å². The molecule has 1 atom stereocenters. The molecule has 0 saturated heterocycles. The average Bonchev–Trinajstić information content (AvgIpc) is 2.94. The number of thiophene rings is 1. The third-order valence-corrected chi connectivity index (χ3v) is 4.21. The van der Waals surface area contributed by atoms with Gasteiger partial charge in [-0.3, -0.25) is 4.79 Å². The first-order valence-corrected chi connectivity index (χ1v) is 7.48. The summed E-state index contributed by atoms with van der Waals surface area (Å²) in [5.74, 6) is -0.289. The molecule has 0 saturated carbocycles. The van der Waals surface area contributed by atoms with Gasteiger partial charge in [0.1, 0.15) is 5.82 Å². The number of halogens is 1. The zero-order valence-electron chi connectivity index (χ0n) is 11.1. The van der Waals surface area contributed by atoms with Crippen molar-refractivity contribution in [2.45, 2.75) is 25.8 Å². The van der Waals surface area contributed by atoms with Crippen molar-refractivity contribution in [3.63, 3.8) is 0 Å². The maximum Gasteiger partial charge on any atom is 0.224 e. The number of rotatable bonds is 3. The number of hydrogen-bond donors (Lipinski definition) is 2. The molecule has 3 nitrogen and oxygen atoms in total. The van der Waals surface area contributed by atoms with E-state index in [-0.39, 0.29) is 17.8 Å². The molecule has 0 spiro atoms. The summed E-state index contributed by atoms with van der Waals surface area (Å²) in [6.45, 7) is 1.99. The van der Waals surface area contributed by atoms with Crippen molar-refractivity contribution < 1.29 is 9.18 Å². The van der Waals surface area contributed by atoms with Crippen LogP contribution in [0.5, 0.6) is 0 Å². The highest BCUT2D eigenvalue weighted by Crippen LogP contribution is 2.31. The summed E-state index contributed by atoms with van der Waals surface area (Å²) < 4.78 is 14.1. The zero-order valence-corrected chi connectivity index (χ0v) is 11.9. The molecule has 1 aromatic heterocycles. The third-order valence-electron chi connectivity index (χ3n) is 3.50. The molecular formula is C15H15FN2OS. The van der Waals surface area contributed by atoms with E-state index in [2.05, 4.69) is 10.6 Å². The monoisotopic (exact) mass is 290 g/mol. The second-order valence-corrected chi connectivity index (χ2v) is 5.74. The van der Waals surface area contributed by atoms with E-state index in [1.165, 1.54) is 6.07 Å². The average molecular weight is 290 g/mol. The minimum Gasteiger partial charge on any atom is -0.376 e. The van der Waals surface area contributed by atoms with E-state index in [1.807, 2.05) is 23.8 Å². The van der Waals surface area contributed by atoms with E-state index < -0.39 is 0 Å². The molecule has 2 aromatic rings. The summed E-state index contributed by atoms with van der Waals surface area (Å²) in [5.41, 5.74) is 3.11. The molecule has 1 amide bonds. The lowest BCUT2D eigenvalue weighted by Gasteiger charge is -2.20. The molecule has 3 rings (SSSR count). The molecule has 104 valence electrons. The standard InChI is InChI=1S/C15H15FN2OS/c1-9(11-4-5-20-8-11)17-14-7-13-10(6-12(14)16)2-3-15(19)18-13/h4-9,17H,2-3H2,1H3,(H,18,19). The topological polar surface area (TPSA) is 41.1 Å². The fraction of sp³-hybridized carbons (Fsp3) is 0.267. The number of carbonyl (C=O) groups is 1. The number of amides is 1. The quantitative estimate of drug-likeness (QED) is 0.898. The molecule has 1 aliphatic heterocycles. The number of benzene rings is 1. The molecule has 0 bridgehead atoms. The first-order valence-electron chi connectivity index (χ1n) is 6.54. The summed E-state index contributed by atoms with van der Waals surface area (Å²) in [6.07, 6.45) is 1.02. The molecule has 1 aliphatic rings. The lowest BCUT2D eigenvalue weighted by molar-refractivity contribution is -0.116. The molecule has 2 N–H and O–H groups in total. The summed E-state index contributed by atoms with van der Waals surface area (Å²) >= 11 is 1.62. The van der Waals surface area contributed by atoms with Gasteiger partial charge in [0.2, 0.25) is 5.91 Å². The maximum absolute atomic E-state index is 14.1. The summed E-state index contributed by atoms with van der Waals surface area (Å²) in [4.78, 5) is 11.4. The van der Waals surface area contributed by atoms with Gasteiger partial charge in [-0.15, -0.1) is 0 Å². The van der Waals surface area contributed by atoms with Crippen molar-refractivity contribution in [2.24, 2.45) is 0 Å². The maximum atomic E-state index is 14.1. The Kier molecular flexibility index (Phi) is 3.44. The number of aryl methyl sites for hydroxylation is 1. The second kappa shape index (κ2) is 5.25. The Hall–Kier alpha value is -1.88. The number of fused-ring (bicyclic) bond motifs is 1. The molecule has 2 heterocycles. The molecule has 0 aliphatic carbocycles. The Morgan fingerprint density at radius 2 is 2.25 bits per heavy atom. The molecule has 0 fully saturated rings. The van der Waals surface area contributed by atoms with Gasteiger partial charge in [0.25, 0.3) is 0 Å². The van der Waals surface area contributed by atoms with Crippen LogP contribution in [0.3, 0.4) is 0 Å². The number of hydrogen-bond acceptors (Lipinski definition) is 3. The molecular weight excluding hydrogens is 275 g/mol. The van der Waals surface area contributed by atoms with Crippen molar-refractivity contribution in [1.29, 1.82) is 0 Å². The van der Waals surface area contributed by atoms with Gasteiger partial charge in [-0.25, -0.2) is 4.39 Å². The lowest BCUT2D eigenvalue weighted by Crippen LogP contribution is -2.19. The van der Waals surface area contributed by atoms with Gasteiger partial charge >= 0.3 is 0 Å². The van der Waals surface area contributed by atoms with Gasteiger partial charge in [-0.2, -0.15) is 11.3 Å². The van der Waals surface area contributed by atoms with Crippen LogP contribution in [0, 0.1) is 5.82 Å². The Morgan fingerprint density at radius 1 is 1.40 bits per heavy atom. The Bertz CT molecular complexity index is 640. The predicted octanol–water partition coefficient (Wildman–Crippen LogP) is 3.95. The zero-order chi connectivity index (χ0) is 14.1. The van der Waals surface area contributed by atoms with E-state index in [0.717, 1.165) is 11.1 Å². The van der Waals surface area contributed by atoms with Gasteiger partial charge in [0.05, 0.1) is 5.69 Å². The number of nitrogens with one attached hydrogen (secondary N) is 2. The first kappa shape index (κ1) is 13.1. The Labute approximate surface area is 120 Å². The van der Waals surface area contributed by atoms with Crippen LogP contribution in [-0.4, -0.2) is 5.91 Å². The summed E-state index contributed by atoms with van der Waals surface area (Å²) in [6, 6.07) is 5.23. The Morgan fingerprint density at radius 3 is 3.00 bits per heavy atom. The van der Waals surface area contributed by atoms with Gasteiger partial charge < -0.3 is 10.6 Å². The third kappa shape index (κ3) is 2.54. The second-order valence-electron chi connectivity index (χ2n) is 4.96. The molecule has 20 heavy (non-hydrogen) atoms. The van der Waals surface area contributed by atoms with Gasteiger partial charge in [-0.05, 0) is 53.4 Å². The molecule has 1 aromatic carbocycles. The minimum atomic E-state index is -0.276. The van der Waals surface area contributed by atoms with E-state index in [9.17, 15) is 9.18 Å². The predicted molar refractivity (Wildman–Crippen MR) is 79.7 cm³/mol. The van der Waals surface area contributed by atoms with E-state index in [1.54, 1.807) is 17.4 Å². The number of anilines is 2. The highest BCUT2D eigenvalue weighted by molar-refractivity contribution is 7.08. The normalized spacial score (nSPS) is 15.4. The Balaban J connectivity index is 1.86. The van der Waals surface area contributed by atoms with Gasteiger partial charge in [0, 0.05) is 18.2 Å². The molecule has 1 unspecified atom stereocenters. The summed E-state index contributed by atoms with van der Waals surface area (Å²) in [7, 11) is 0. The van der Waals surface area contributed by atoms with Crippen LogP contribution in [0.4, 0.5) is 15.8 Å². The van der Waals surface area contributed by atoms with Crippen LogP contribution in [0.2, 0.25) is 0 Å². The van der Waals surface area contributed by atoms with Crippen LogP contribution in [0.25, 0.3) is 0 Å². The van der Waals surface area contributed by atoms with Gasteiger partial charge in [-0.1, -0.05) is 0 Å². The largest absolute Gasteiger partial charge is 0.376 e. The fourth-order valence-electron chi connectivity index (χ4n) is 2.35. The van der Waals surface area contributed by atoms with Crippen LogP contribution in [0.1, 0.15) is 30.5 Å². The minimum absolute atomic E-state index is 0.0130. The number of carbonyl (C=O) groups excluding carboxylic acids is 1. The first-order chi connectivity index (χ1) is 9.63. The lowest BCUT2D eigenvalue weighted by atomic mass is 10.0. The van der Waals surface area contributed by atoms with Crippen LogP contribution < -0.4 is 10.6 Å². The van der Waals surface area contributed by atoms with E-state index in [0.29, 0.717) is 24.2 Å². The SMILES string of the molecule is CC(Nc1cc2c(cc1F)CCC(=O)N2)c1ccsc1. The van der Waals surface area contributed by atoms with Crippen LogP contribution >= 0.6 is 11.3 Å². The molecule has 5 heteroatoms. The van der Waals surface area contributed by atoms with Crippen molar-refractivity contribution >= 4 is 28.6 Å². The smallest absolute Gasteiger partial charge is 0.224 e.